The number of aromatic nitrogens is 5. The van der Waals surface area contributed by atoms with Crippen LogP contribution >= 0.6 is 11.6 Å². The standard InChI is InChI=1S/C23H27ClN6O/c1-15(2)11-30-14-25-28-21(30)17-12-29(13-23(17)8-5-9-23)22(31)20-10-19(26-27-20)16-6-3-4-7-18(16)24/h3-4,6-7,10,14-15,17H,5,8-9,11-13H2,1-2H3,(H,26,27). The molecule has 1 saturated carbocycles. The van der Waals surface area contributed by atoms with Crippen LogP contribution in [0.4, 0.5) is 0 Å². The monoisotopic (exact) mass is 438 g/mol. The number of nitrogens with one attached hydrogen (secondary N) is 1. The third-order valence-corrected chi connectivity index (χ3v) is 7.09. The Morgan fingerprint density at radius 3 is 2.84 bits per heavy atom. The molecule has 2 aliphatic rings. The Bertz CT molecular complexity index is 1100. The van der Waals surface area contributed by atoms with Gasteiger partial charge in [-0.3, -0.25) is 9.89 Å². The minimum Gasteiger partial charge on any atom is -0.336 e. The molecule has 1 aromatic carbocycles. The Morgan fingerprint density at radius 2 is 2.13 bits per heavy atom. The Morgan fingerprint density at radius 1 is 1.32 bits per heavy atom. The van der Waals surface area contributed by atoms with Gasteiger partial charge in [0.05, 0.1) is 10.7 Å². The molecule has 1 unspecified atom stereocenters. The Labute approximate surface area is 186 Å². The van der Waals surface area contributed by atoms with Crippen molar-refractivity contribution in [3.05, 3.63) is 53.2 Å². The molecule has 0 radical (unpaired) electrons. The number of likely N-dealkylation sites (tertiary alicyclic amines) is 1. The second-order valence-corrected chi connectivity index (χ2v) is 9.74. The first kappa shape index (κ1) is 20.2. The molecule has 1 aliphatic carbocycles. The minimum atomic E-state index is -0.0190. The third kappa shape index (κ3) is 3.55. The summed E-state index contributed by atoms with van der Waals surface area (Å²) in [7, 11) is 0. The lowest BCUT2D eigenvalue weighted by atomic mass is 9.62. The SMILES string of the molecule is CC(C)Cn1cnnc1C1CN(C(=O)c2cc(-c3ccccc3Cl)n[nH]2)CC12CCC2. The molecule has 8 heteroatoms. The molecule has 1 spiro atoms. The number of rotatable bonds is 5. The number of benzene rings is 1. The highest BCUT2D eigenvalue weighted by Gasteiger charge is 2.53. The highest BCUT2D eigenvalue weighted by Crippen LogP contribution is 2.55. The van der Waals surface area contributed by atoms with Crippen molar-refractivity contribution in [1.82, 2.24) is 29.9 Å². The molecule has 1 amide bonds. The lowest BCUT2D eigenvalue weighted by Crippen LogP contribution is -2.38. The van der Waals surface area contributed by atoms with E-state index in [1.807, 2.05) is 35.5 Å². The maximum atomic E-state index is 13.4. The van der Waals surface area contributed by atoms with Crippen LogP contribution in [0.3, 0.4) is 0 Å². The molecule has 2 fully saturated rings. The lowest BCUT2D eigenvalue weighted by molar-refractivity contribution is 0.0717. The van der Waals surface area contributed by atoms with Gasteiger partial charge in [0.1, 0.15) is 17.8 Å². The minimum absolute atomic E-state index is 0.0190. The number of nitrogens with zero attached hydrogens (tertiary/aromatic N) is 5. The molecule has 7 nitrogen and oxygen atoms in total. The third-order valence-electron chi connectivity index (χ3n) is 6.76. The fraction of sp³-hybridized carbons (Fsp3) is 0.478. The molecular formula is C23H27ClN6O. The molecule has 5 rings (SSSR count). The second kappa shape index (κ2) is 7.79. The smallest absolute Gasteiger partial charge is 0.271 e. The summed E-state index contributed by atoms with van der Waals surface area (Å²) >= 11 is 6.30. The first-order valence-electron chi connectivity index (χ1n) is 10.9. The van der Waals surface area contributed by atoms with E-state index in [1.165, 1.54) is 6.42 Å². The van der Waals surface area contributed by atoms with Crippen LogP contribution in [0.25, 0.3) is 11.3 Å². The molecule has 1 atom stereocenters. The van der Waals surface area contributed by atoms with Crippen molar-refractivity contribution < 1.29 is 4.79 Å². The molecule has 1 aliphatic heterocycles. The van der Waals surface area contributed by atoms with Crippen molar-refractivity contribution in [2.45, 2.75) is 45.6 Å². The van der Waals surface area contributed by atoms with E-state index in [9.17, 15) is 4.79 Å². The van der Waals surface area contributed by atoms with Gasteiger partial charge in [-0.15, -0.1) is 10.2 Å². The van der Waals surface area contributed by atoms with Crippen molar-refractivity contribution >= 4 is 17.5 Å². The van der Waals surface area contributed by atoms with Gasteiger partial charge < -0.3 is 9.47 Å². The molecule has 0 bridgehead atoms. The zero-order valence-electron chi connectivity index (χ0n) is 17.9. The molecule has 3 heterocycles. The van der Waals surface area contributed by atoms with Crippen molar-refractivity contribution in [1.29, 1.82) is 0 Å². The zero-order chi connectivity index (χ0) is 21.6. The van der Waals surface area contributed by atoms with Gasteiger partial charge in [0.25, 0.3) is 5.91 Å². The van der Waals surface area contributed by atoms with Gasteiger partial charge in [0.2, 0.25) is 0 Å². The van der Waals surface area contributed by atoms with Gasteiger partial charge in [-0.1, -0.05) is 50.1 Å². The number of carbonyl (C=O) groups excluding carboxylic acids is 1. The first-order chi connectivity index (χ1) is 15.0. The van der Waals surface area contributed by atoms with Crippen LogP contribution in [0, 0.1) is 11.3 Å². The molecule has 31 heavy (non-hydrogen) atoms. The molecule has 162 valence electrons. The number of hydrogen-bond donors (Lipinski definition) is 1. The normalized spacial score (nSPS) is 19.9. The number of hydrogen-bond acceptors (Lipinski definition) is 4. The number of H-pyrrole nitrogens is 1. The van der Waals surface area contributed by atoms with Crippen molar-refractivity contribution in [3.8, 4) is 11.3 Å². The van der Waals surface area contributed by atoms with Crippen LogP contribution in [0.1, 0.15) is 55.3 Å². The maximum absolute atomic E-state index is 13.4. The Hall–Kier alpha value is -2.67. The van der Waals surface area contributed by atoms with Crippen LogP contribution in [0.15, 0.2) is 36.7 Å². The van der Waals surface area contributed by atoms with E-state index in [0.717, 1.165) is 37.3 Å². The molecular weight excluding hydrogens is 412 g/mol. The van der Waals surface area contributed by atoms with E-state index in [1.54, 1.807) is 6.07 Å². The van der Waals surface area contributed by atoms with Gasteiger partial charge in [-0.05, 0) is 36.3 Å². The Kier molecular flexibility index (Phi) is 5.08. The molecule has 3 aromatic rings. The summed E-state index contributed by atoms with van der Waals surface area (Å²) < 4.78 is 2.18. The van der Waals surface area contributed by atoms with E-state index in [4.69, 9.17) is 11.6 Å². The first-order valence-corrected chi connectivity index (χ1v) is 11.3. The Balaban J connectivity index is 1.39. The van der Waals surface area contributed by atoms with Gasteiger partial charge in [0.15, 0.2) is 0 Å². The fourth-order valence-corrected chi connectivity index (χ4v) is 5.33. The summed E-state index contributed by atoms with van der Waals surface area (Å²) in [5.74, 6) is 1.73. The van der Waals surface area contributed by atoms with E-state index < -0.39 is 0 Å². The van der Waals surface area contributed by atoms with Gasteiger partial charge in [-0.2, -0.15) is 5.10 Å². The number of carbonyl (C=O) groups is 1. The fourth-order valence-electron chi connectivity index (χ4n) is 5.09. The van der Waals surface area contributed by atoms with Crippen LogP contribution in [-0.2, 0) is 6.54 Å². The number of halogens is 1. The van der Waals surface area contributed by atoms with Crippen molar-refractivity contribution in [3.63, 3.8) is 0 Å². The number of aromatic amines is 1. The molecule has 2 aromatic heterocycles. The van der Waals surface area contributed by atoms with E-state index in [2.05, 4.69) is 38.8 Å². The van der Waals surface area contributed by atoms with E-state index in [0.29, 0.717) is 28.9 Å². The quantitative estimate of drug-likeness (QED) is 0.640. The van der Waals surface area contributed by atoms with Crippen LogP contribution in [-0.4, -0.2) is 48.9 Å². The van der Waals surface area contributed by atoms with Crippen LogP contribution < -0.4 is 0 Å². The molecule has 1 saturated heterocycles. The van der Waals surface area contributed by atoms with Gasteiger partial charge in [0, 0.05) is 31.1 Å². The summed E-state index contributed by atoms with van der Waals surface area (Å²) in [6.45, 7) is 6.70. The predicted octanol–water partition coefficient (Wildman–Crippen LogP) is 4.39. The maximum Gasteiger partial charge on any atom is 0.271 e. The lowest BCUT2D eigenvalue weighted by Gasteiger charge is -2.42. The zero-order valence-corrected chi connectivity index (χ0v) is 18.6. The average molecular weight is 439 g/mol. The van der Waals surface area contributed by atoms with E-state index in [-0.39, 0.29) is 17.2 Å². The summed E-state index contributed by atoms with van der Waals surface area (Å²) in [4.78, 5) is 15.3. The van der Waals surface area contributed by atoms with Gasteiger partial charge >= 0.3 is 0 Å². The highest BCUT2D eigenvalue weighted by molar-refractivity contribution is 6.33. The highest BCUT2D eigenvalue weighted by atomic mass is 35.5. The topological polar surface area (TPSA) is 79.7 Å². The predicted molar refractivity (Wildman–Crippen MR) is 119 cm³/mol. The van der Waals surface area contributed by atoms with Crippen molar-refractivity contribution in [2.24, 2.45) is 11.3 Å². The summed E-state index contributed by atoms with van der Waals surface area (Å²) in [5.41, 5.74) is 2.10. The van der Waals surface area contributed by atoms with Gasteiger partial charge in [-0.25, -0.2) is 0 Å². The van der Waals surface area contributed by atoms with E-state index >= 15 is 0 Å². The average Bonchev–Trinajstić information content (AvgIpc) is 3.44. The van der Waals surface area contributed by atoms with Crippen LogP contribution in [0.2, 0.25) is 5.02 Å². The summed E-state index contributed by atoms with van der Waals surface area (Å²) in [6, 6.07) is 9.32. The second-order valence-electron chi connectivity index (χ2n) is 9.34. The molecule has 1 N–H and O–H groups in total. The number of amides is 1. The van der Waals surface area contributed by atoms with Crippen LogP contribution in [0.5, 0.6) is 0 Å². The largest absolute Gasteiger partial charge is 0.336 e. The summed E-state index contributed by atoms with van der Waals surface area (Å²) in [5, 5.41) is 16.6. The van der Waals surface area contributed by atoms with Crippen molar-refractivity contribution in [2.75, 3.05) is 13.1 Å². The summed E-state index contributed by atoms with van der Waals surface area (Å²) in [6.07, 6.45) is 5.29.